The molecule has 0 aliphatic rings. The quantitative estimate of drug-likeness (QED) is 0.600. The number of nitrogens with one attached hydrogen (secondary N) is 1. The summed E-state index contributed by atoms with van der Waals surface area (Å²) in [7, 11) is 2.63. The van der Waals surface area contributed by atoms with Crippen molar-refractivity contribution in [2.45, 2.75) is 6.04 Å². The summed E-state index contributed by atoms with van der Waals surface area (Å²) in [5.41, 5.74) is 0. The Labute approximate surface area is 64.7 Å². The summed E-state index contributed by atoms with van der Waals surface area (Å²) < 4.78 is 8.85. The van der Waals surface area contributed by atoms with E-state index in [4.69, 9.17) is 0 Å². The van der Waals surface area contributed by atoms with E-state index in [1.165, 1.54) is 14.2 Å². The lowest BCUT2D eigenvalue weighted by atomic mass is 10.4. The van der Waals surface area contributed by atoms with Crippen molar-refractivity contribution in [2.75, 3.05) is 20.8 Å². The van der Waals surface area contributed by atoms with Crippen LogP contribution in [0, 0.1) is 0 Å². The molecule has 63 valence electrons. The lowest BCUT2D eigenvalue weighted by Gasteiger charge is -2.08. The first kappa shape index (κ1) is 9.90. The number of ether oxygens (including phenoxy) is 2. The van der Waals surface area contributed by atoms with Crippen molar-refractivity contribution in [3.05, 3.63) is 0 Å². The molecule has 1 radical (unpaired) electrons. The van der Waals surface area contributed by atoms with Crippen LogP contribution in [0.15, 0.2) is 0 Å². The summed E-state index contributed by atoms with van der Waals surface area (Å²) >= 11 is 0. The lowest BCUT2D eigenvalue weighted by molar-refractivity contribution is 0.152. The van der Waals surface area contributed by atoms with E-state index < -0.39 is 12.1 Å². The smallest absolute Gasteiger partial charge is 0.407 e. The van der Waals surface area contributed by atoms with E-state index in [0.717, 1.165) is 0 Å². The summed E-state index contributed by atoms with van der Waals surface area (Å²) in [4.78, 5) is 20.6. The van der Waals surface area contributed by atoms with Gasteiger partial charge in [-0.3, -0.25) is 4.79 Å². The molecule has 0 aromatic heterocycles. The number of rotatable bonds is 4. The minimum atomic E-state index is -0.757. The fourth-order valence-corrected chi connectivity index (χ4v) is 0.473. The van der Waals surface area contributed by atoms with Gasteiger partial charge in [0.25, 0.3) is 0 Å². The summed E-state index contributed by atoms with van der Waals surface area (Å²) in [6.45, 7) is 0.0958. The maximum absolute atomic E-state index is 10.5. The van der Waals surface area contributed by atoms with Crippen molar-refractivity contribution in [1.82, 2.24) is 5.32 Å². The lowest BCUT2D eigenvalue weighted by Crippen LogP contribution is -2.38. The highest BCUT2D eigenvalue weighted by Gasteiger charge is 2.10. The monoisotopic (exact) mass is 160 g/mol. The average Bonchev–Trinajstić information content (AvgIpc) is 2.03. The molecular weight excluding hydrogens is 150 g/mol. The third kappa shape index (κ3) is 4.32. The highest BCUT2D eigenvalue weighted by Crippen LogP contribution is 1.81. The van der Waals surface area contributed by atoms with Crippen molar-refractivity contribution in [3.8, 4) is 0 Å². The van der Waals surface area contributed by atoms with Gasteiger partial charge in [-0.25, -0.2) is 4.79 Å². The van der Waals surface area contributed by atoms with Gasteiger partial charge in [-0.05, 0) is 0 Å². The SMILES string of the molecule is COCC([C]=O)NC(=O)OC. The Balaban J connectivity index is 3.67. The van der Waals surface area contributed by atoms with Crippen molar-refractivity contribution >= 4 is 12.4 Å². The summed E-state index contributed by atoms with van der Waals surface area (Å²) in [5.74, 6) is 0. The molecule has 0 rings (SSSR count). The molecule has 0 aliphatic heterocycles. The second-order valence-electron chi connectivity index (χ2n) is 1.76. The Morgan fingerprint density at radius 1 is 1.64 bits per heavy atom. The van der Waals surface area contributed by atoms with Gasteiger partial charge < -0.3 is 14.8 Å². The van der Waals surface area contributed by atoms with Crippen LogP contribution < -0.4 is 5.32 Å². The van der Waals surface area contributed by atoms with Crippen molar-refractivity contribution in [3.63, 3.8) is 0 Å². The molecule has 0 spiro atoms. The van der Waals surface area contributed by atoms with Gasteiger partial charge >= 0.3 is 6.09 Å². The molecule has 5 nitrogen and oxygen atoms in total. The molecule has 0 aromatic rings. The number of alkyl carbamates (subject to hydrolysis) is 1. The zero-order chi connectivity index (χ0) is 8.69. The summed E-state index contributed by atoms with van der Waals surface area (Å²) in [6.07, 6.45) is 0.910. The minimum absolute atomic E-state index is 0.0958. The van der Waals surface area contributed by atoms with Crippen molar-refractivity contribution < 1.29 is 19.1 Å². The maximum atomic E-state index is 10.5. The van der Waals surface area contributed by atoms with Crippen LogP contribution in [0.1, 0.15) is 0 Å². The predicted octanol–water partition coefficient (Wildman–Crippen LogP) is -0.533. The second-order valence-corrected chi connectivity index (χ2v) is 1.76. The molecular formula is C6H10NO4. The Morgan fingerprint density at radius 2 is 2.27 bits per heavy atom. The van der Waals surface area contributed by atoms with Crippen LogP contribution >= 0.6 is 0 Å². The Kier molecular flexibility index (Phi) is 5.10. The number of amides is 1. The van der Waals surface area contributed by atoms with E-state index in [9.17, 15) is 9.59 Å². The van der Waals surface area contributed by atoms with Crippen LogP contribution in [-0.4, -0.2) is 39.2 Å². The molecule has 11 heavy (non-hydrogen) atoms. The third-order valence-corrected chi connectivity index (χ3v) is 0.953. The van der Waals surface area contributed by atoms with Gasteiger partial charge in [-0.1, -0.05) is 0 Å². The van der Waals surface area contributed by atoms with Gasteiger partial charge in [-0.15, -0.1) is 0 Å². The first-order chi connectivity index (χ1) is 5.24. The van der Waals surface area contributed by atoms with Gasteiger partial charge in [-0.2, -0.15) is 0 Å². The third-order valence-electron chi connectivity index (χ3n) is 0.953. The second kappa shape index (κ2) is 5.67. The van der Waals surface area contributed by atoms with Gasteiger partial charge in [0.05, 0.1) is 13.7 Å². The number of methoxy groups -OCH3 is 2. The fourth-order valence-electron chi connectivity index (χ4n) is 0.473. The molecule has 0 bridgehead atoms. The normalized spacial score (nSPS) is 11.8. The van der Waals surface area contributed by atoms with Crippen LogP contribution in [-0.2, 0) is 14.3 Å². The predicted molar refractivity (Wildman–Crippen MR) is 36.9 cm³/mol. The Bertz CT molecular complexity index is 137. The highest BCUT2D eigenvalue weighted by molar-refractivity contribution is 5.73. The molecule has 0 aromatic carbocycles. The number of hydrogen-bond donors (Lipinski definition) is 1. The highest BCUT2D eigenvalue weighted by atomic mass is 16.5. The topological polar surface area (TPSA) is 64.6 Å². The fraction of sp³-hybridized carbons (Fsp3) is 0.667. The number of carbonyl (C=O) groups is 1. The Hall–Kier alpha value is -1.10. The van der Waals surface area contributed by atoms with Gasteiger partial charge in [0.2, 0.25) is 6.29 Å². The van der Waals surface area contributed by atoms with Crippen LogP contribution in [0.3, 0.4) is 0 Å². The molecule has 0 saturated carbocycles. The zero-order valence-electron chi connectivity index (χ0n) is 6.42. The number of hydrogen-bond acceptors (Lipinski definition) is 4. The van der Waals surface area contributed by atoms with Crippen LogP contribution in [0.25, 0.3) is 0 Å². The zero-order valence-corrected chi connectivity index (χ0v) is 6.42. The van der Waals surface area contributed by atoms with E-state index in [-0.39, 0.29) is 6.61 Å². The molecule has 5 heteroatoms. The maximum Gasteiger partial charge on any atom is 0.407 e. The van der Waals surface area contributed by atoms with E-state index in [1.807, 2.05) is 0 Å². The van der Waals surface area contributed by atoms with E-state index in [0.29, 0.717) is 0 Å². The molecule has 0 heterocycles. The molecule has 1 N–H and O–H groups in total. The van der Waals surface area contributed by atoms with E-state index in [1.54, 1.807) is 6.29 Å². The van der Waals surface area contributed by atoms with E-state index in [2.05, 4.69) is 14.8 Å². The largest absolute Gasteiger partial charge is 0.453 e. The number of carbonyl (C=O) groups excluding carboxylic acids is 2. The molecule has 0 saturated heterocycles. The first-order valence-corrected chi connectivity index (χ1v) is 2.95. The van der Waals surface area contributed by atoms with Gasteiger partial charge in [0.15, 0.2) is 0 Å². The summed E-state index contributed by atoms with van der Waals surface area (Å²) in [6, 6.07) is -0.757. The van der Waals surface area contributed by atoms with Crippen molar-refractivity contribution in [1.29, 1.82) is 0 Å². The molecule has 1 atom stereocenters. The standard InChI is InChI=1S/C6H10NO4/c1-10-4-5(3-8)7-6(9)11-2/h5H,4H2,1-2H3,(H,7,9). The van der Waals surface area contributed by atoms with E-state index >= 15 is 0 Å². The molecule has 1 amide bonds. The average molecular weight is 160 g/mol. The molecule has 0 fully saturated rings. The Morgan fingerprint density at radius 3 is 2.64 bits per heavy atom. The van der Waals surface area contributed by atoms with Crippen LogP contribution in [0.4, 0.5) is 4.79 Å². The first-order valence-electron chi connectivity index (χ1n) is 2.95. The van der Waals surface area contributed by atoms with Crippen LogP contribution in [0.2, 0.25) is 0 Å². The van der Waals surface area contributed by atoms with Crippen LogP contribution in [0.5, 0.6) is 0 Å². The summed E-state index contributed by atoms with van der Waals surface area (Å²) in [5, 5.41) is 2.21. The van der Waals surface area contributed by atoms with Gasteiger partial charge in [0, 0.05) is 7.11 Å². The minimum Gasteiger partial charge on any atom is -0.453 e. The van der Waals surface area contributed by atoms with Crippen molar-refractivity contribution in [2.24, 2.45) is 0 Å². The molecule has 0 aliphatic carbocycles. The molecule has 1 unspecified atom stereocenters. The van der Waals surface area contributed by atoms with Gasteiger partial charge in [0.1, 0.15) is 6.04 Å².